The van der Waals surface area contributed by atoms with Gasteiger partial charge < -0.3 is 0 Å². The fourth-order valence-electron chi connectivity index (χ4n) is 3.57. The Morgan fingerprint density at radius 1 is 0.400 bits per heavy atom. The first-order chi connectivity index (χ1) is 12.4. The highest BCUT2D eigenvalue weighted by molar-refractivity contribution is 6.17. The summed E-state index contributed by atoms with van der Waals surface area (Å²) in [4.78, 5) is 0. The Morgan fingerprint density at radius 3 is 0.880 bits per heavy atom. The topological polar surface area (TPSA) is 0 Å². The second-order valence-corrected chi connectivity index (χ2v) is 8.22. The molecule has 25 heavy (non-hydrogen) atoms. The molecular weight excluding hydrogens is 324 g/mol. The first-order valence-electron chi connectivity index (χ1n) is 11.6. The van der Waals surface area contributed by atoms with E-state index in [1.807, 2.05) is 6.08 Å². The maximum Gasteiger partial charge on any atom is 0.0223 e. The van der Waals surface area contributed by atoms with E-state index < -0.39 is 0 Å². The van der Waals surface area contributed by atoms with Gasteiger partial charge in [-0.3, -0.25) is 0 Å². The molecule has 0 aliphatic carbocycles. The molecule has 0 atom stereocenters. The van der Waals surface area contributed by atoms with Gasteiger partial charge in [0.1, 0.15) is 0 Å². The van der Waals surface area contributed by atoms with Gasteiger partial charge in [-0.1, -0.05) is 122 Å². The summed E-state index contributed by atoms with van der Waals surface area (Å²) < 4.78 is 0. The van der Waals surface area contributed by atoms with E-state index in [0.29, 0.717) is 0 Å². The zero-order chi connectivity index (χ0) is 18.3. The van der Waals surface area contributed by atoms with Gasteiger partial charge >= 0.3 is 0 Å². The second kappa shape index (κ2) is 24.0. The maximum absolute atomic E-state index is 5.69. The van der Waals surface area contributed by atoms with Crippen molar-refractivity contribution < 1.29 is 0 Å². The zero-order valence-electron chi connectivity index (χ0n) is 17.2. The highest BCUT2D eigenvalue weighted by Gasteiger charge is 1.95. The van der Waals surface area contributed by atoms with Crippen LogP contribution in [-0.4, -0.2) is 5.88 Å². The lowest BCUT2D eigenvalue weighted by molar-refractivity contribution is 0.522. The predicted octanol–water partition coefficient (Wildman–Crippen LogP) is 9.60. The minimum absolute atomic E-state index is 0.844. The fourth-order valence-corrected chi connectivity index (χ4v) is 3.75. The van der Waals surface area contributed by atoms with Gasteiger partial charge in [-0.05, 0) is 19.3 Å². The van der Waals surface area contributed by atoms with Crippen LogP contribution in [0.3, 0.4) is 0 Å². The first-order valence-corrected chi connectivity index (χ1v) is 12.1. The van der Waals surface area contributed by atoms with Crippen LogP contribution in [0.2, 0.25) is 0 Å². The Bertz CT molecular complexity index is 236. The Morgan fingerprint density at radius 2 is 0.640 bits per heavy atom. The molecule has 0 spiro atoms. The molecule has 0 amide bonds. The molecule has 0 nitrogen and oxygen atoms in total. The number of alkyl halides is 1. The Labute approximate surface area is 165 Å². The van der Waals surface area contributed by atoms with E-state index in [9.17, 15) is 0 Å². The molecule has 0 aromatic heterocycles. The summed E-state index contributed by atoms with van der Waals surface area (Å²) in [6.07, 6.45) is 31.8. The van der Waals surface area contributed by atoms with Crippen molar-refractivity contribution in [3.8, 4) is 0 Å². The van der Waals surface area contributed by atoms with Gasteiger partial charge in [0, 0.05) is 5.88 Å². The summed E-state index contributed by atoms with van der Waals surface area (Å²) in [6.45, 7) is 3.78. The van der Waals surface area contributed by atoms with Gasteiger partial charge in [-0.2, -0.15) is 0 Å². The number of hydrogen-bond acceptors (Lipinski definition) is 0. The van der Waals surface area contributed by atoms with Gasteiger partial charge in [-0.15, -0.1) is 18.2 Å². The van der Waals surface area contributed by atoms with Crippen LogP contribution in [0.4, 0.5) is 0 Å². The lowest BCUT2D eigenvalue weighted by atomic mass is 10.0. The molecule has 1 heteroatoms. The third-order valence-corrected chi connectivity index (χ3v) is 5.56. The number of halogens is 1. The molecule has 0 N–H and O–H groups in total. The van der Waals surface area contributed by atoms with E-state index in [-0.39, 0.29) is 0 Å². The van der Waals surface area contributed by atoms with Crippen LogP contribution in [0.1, 0.15) is 135 Å². The molecule has 150 valence electrons. The molecule has 0 radical (unpaired) electrons. The van der Waals surface area contributed by atoms with Gasteiger partial charge in [-0.25, -0.2) is 0 Å². The van der Waals surface area contributed by atoms with E-state index in [4.69, 9.17) is 11.6 Å². The number of allylic oxidation sites excluding steroid dienone is 1. The minimum atomic E-state index is 0.844. The lowest BCUT2D eigenvalue weighted by Crippen LogP contribution is -1.84. The van der Waals surface area contributed by atoms with Crippen LogP contribution in [0, 0.1) is 0 Å². The fraction of sp³-hybridized carbons (Fsp3) is 0.917. The van der Waals surface area contributed by atoms with Crippen molar-refractivity contribution in [3.63, 3.8) is 0 Å². The summed E-state index contributed by atoms with van der Waals surface area (Å²) in [5, 5.41) is 0. The summed E-state index contributed by atoms with van der Waals surface area (Å²) >= 11 is 5.69. The number of unbranched alkanes of at least 4 members (excludes halogenated alkanes) is 20. The highest BCUT2D eigenvalue weighted by Crippen LogP contribution is 2.15. The average Bonchev–Trinajstić information content (AvgIpc) is 2.63. The van der Waals surface area contributed by atoms with Crippen LogP contribution in [0.25, 0.3) is 0 Å². The molecule has 0 aromatic rings. The third kappa shape index (κ3) is 24.0. The van der Waals surface area contributed by atoms with Crippen molar-refractivity contribution in [1.82, 2.24) is 0 Å². The third-order valence-electron chi connectivity index (χ3n) is 5.29. The molecule has 0 aliphatic rings. The van der Waals surface area contributed by atoms with E-state index >= 15 is 0 Å². The molecule has 0 bridgehead atoms. The monoisotopic (exact) mass is 370 g/mol. The largest absolute Gasteiger partial charge is 0.127 e. The zero-order valence-corrected chi connectivity index (χ0v) is 18.0. The lowest BCUT2D eigenvalue weighted by Gasteiger charge is -2.04. The molecule has 0 saturated carbocycles. The first kappa shape index (κ1) is 25.0. The number of hydrogen-bond donors (Lipinski definition) is 0. The molecule has 0 heterocycles. The van der Waals surface area contributed by atoms with E-state index in [1.165, 1.54) is 135 Å². The molecule has 0 aliphatic heterocycles. The molecule has 0 aromatic carbocycles. The summed E-state index contributed by atoms with van der Waals surface area (Å²) in [5.74, 6) is 0.844. The smallest absolute Gasteiger partial charge is 0.0223 e. The Hall–Kier alpha value is 0.0300. The van der Waals surface area contributed by atoms with E-state index in [2.05, 4.69) is 6.58 Å². The van der Waals surface area contributed by atoms with Crippen molar-refractivity contribution in [2.45, 2.75) is 135 Å². The van der Waals surface area contributed by atoms with Crippen molar-refractivity contribution in [1.29, 1.82) is 0 Å². The predicted molar refractivity (Wildman–Crippen MR) is 118 cm³/mol. The highest BCUT2D eigenvalue weighted by atomic mass is 35.5. The molecule has 0 fully saturated rings. The van der Waals surface area contributed by atoms with E-state index in [0.717, 1.165) is 5.88 Å². The molecule has 0 saturated heterocycles. The number of rotatable bonds is 22. The van der Waals surface area contributed by atoms with E-state index in [1.54, 1.807) is 0 Å². The van der Waals surface area contributed by atoms with Crippen molar-refractivity contribution in [3.05, 3.63) is 12.7 Å². The van der Waals surface area contributed by atoms with Crippen LogP contribution in [0.5, 0.6) is 0 Å². The molecule has 0 unspecified atom stereocenters. The Kier molecular flexibility index (Phi) is 24.1. The van der Waals surface area contributed by atoms with Crippen molar-refractivity contribution in [2.75, 3.05) is 5.88 Å². The summed E-state index contributed by atoms with van der Waals surface area (Å²) in [7, 11) is 0. The van der Waals surface area contributed by atoms with Gasteiger partial charge in [0.2, 0.25) is 0 Å². The molecular formula is C24H47Cl. The van der Waals surface area contributed by atoms with Crippen molar-refractivity contribution >= 4 is 11.6 Å². The van der Waals surface area contributed by atoms with Crippen LogP contribution in [0.15, 0.2) is 12.7 Å². The van der Waals surface area contributed by atoms with Crippen molar-refractivity contribution in [2.24, 2.45) is 0 Å². The average molecular weight is 371 g/mol. The SMILES string of the molecule is C=CCCCCCCCCCCCCCCCCCCCCCCCl. The van der Waals surface area contributed by atoms with Crippen LogP contribution >= 0.6 is 11.6 Å². The summed E-state index contributed by atoms with van der Waals surface area (Å²) in [5.41, 5.74) is 0. The van der Waals surface area contributed by atoms with Crippen LogP contribution in [-0.2, 0) is 0 Å². The quantitative estimate of drug-likeness (QED) is 0.101. The summed E-state index contributed by atoms with van der Waals surface area (Å²) in [6, 6.07) is 0. The second-order valence-electron chi connectivity index (χ2n) is 7.84. The Balaban J connectivity index is 2.95. The van der Waals surface area contributed by atoms with Gasteiger partial charge in [0.05, 0.1) is 0 Å². The maximum atomic E-state index is 5.69. The molecule has 0 rings (SSSR count). The van der Waals surface area contributed by atoms with Crippen LogP contribution < -0.4 is 0 Å². The normalized spacial score (nSPS) is 11.1. The van der Waals surface area contributed by atoms with Gasteiger partial charge in [0.15, 0.2) is 0 Å². The van der Waals surface area contributed by atoms with Gasteiger partial charge in [0.25, 0.3) is 0 Å². The standard InChI is InChI=1S/C24H47Cl/c1-2-3-4-5-6-7-8-9-10-11-12-13-14-15-16-17-18-19-20-21-22-23-24-25/h2H,1,3-24H2. The minimum Gasteiger partial charge on any atom is -0.127 e.